The Morgan fingerprint density at radius 1 is 1.00 bits per heavy atom. The molecule has 0 aliphatic carbocycles. The van der Waals surface area contributed by atoms with E-state index < -0.39 is 10.7 Å². The number of nitrogens with zero attached hydrogens (tertiary/aromatic N) is 3. The van der Waals surface area contributed by atoms with Gasteiger partial charge in [-0.3, -0.25) is 9.78 Å². The summed E-state index contributed by atoms with van der Waals surface area (Å²) in [6.07, 6.45) is 5.06. The fourth-order valence-corrected chi connectivity index (χ4v) is 3.82. The standard InChI is InChI=1S/C24H22N6O3S/c25-13-18-6-7-20(28-23(31)17-4-1-3-16(11-17)15-34(32)33)12-22(18)30-24-27-10-8-21(29-24)19-5-2-9-26-14-19/h1-12,14,34H,13,15,25H2,(H,28,31)(H,27,29,30). The molecule has 0 radical (unpaired) electrons. The first-order valence-corrected chi connectivity index (χ1v) is 11.7. The molecule has 4 aromatic rings. The van der Waals surface area contributed by atoms with Crippen molar-refractivity contribution in [1.82, 2.24) is 15.0 Å². The summed E-state index contributed by atoms with van der Waals surface area (Å²) in [5.41, 5.74) is 10.4. The minimum absolute atomic E-state index is 0.117. The third-order valence-electron chi connectivity index (χ3n) is 4.95. The largest absolute Gasteiger partial charge is 0.326 e. The van der Waals surface area contributed by atoms with Crippen LogP contribution in [0.3, 0.4) is 0 Å². The lowest BCUT2D eigenvalue weighted by Gasteiger charge is -2.13. The molecule has 9 nitrogen and oxygen atoms in total. The molecule has 0 bridgehead atoms. The van der Waals surface area contributed by atoms with E-state index in [0.717, 1.165) is 11.1 Å². The Bertz CT molecular complexity index is 1380. The quantitative estimate of drug-likeness (QED) is 0.286. The van der Waals surface area contributed by atoms with Gasteiger partial charge in [0.2, 0.25) is 5.95 Å². The molecule has 2 aromatic carbocycles. The number of carbonyl (C=O) groups excluding carboxylic acids is 1. The Morgan fingerprint density at radius 2 is 1.88 bits per heavy atom. The predicted octanol–water partition coefficient (Wildman–Crippen LogP) is 3.10. The number of nitrogens with one attached hydrogen (secondary N) is 2. The van der Waals surface area contributed by atoms with Crippen LogP contribution in [0.4, 0.5) is 17.3 Å². The van der Waals surface area contributed by atoms with E-state index in [2.05, 4.69) is 25.6 Å². The van der Waals surface area contributed by atoms with Crippen LogP contribution < -0.4 is 16.4 Å². The van der Waals surface area contributed by atoms with Gasteiger partial charge in [0.25, 0.3) is 5.91 Å². The number of rotatable bonds is 8. The Labute approximate surface area is 198 Å². The number of aromatic nitrogens is 3. The monoisotopic (exact) mass is 474 g/mol. The second kappa shape index (κ2) is 10.6. The average molecular weight is 475 g/mol. The molecule has 1 amide bonds. The van der Waals surface area contributed by atoms with Gasteiger partial charge in [-0.2, -0.15) is 0 Å². The van der Waals surface area contributed by atoms with Crippen molar-refractivity contribution in [2.45, 2.75) is 12.3 Å². The third-order valence-corrected chi connectivity index (χ3v) is 5.57. The van der Waals surface area contributed by atoms with Crippen LogP contribution in [0.1, 0.15) is 21.5 Å². The fraction of sp³-hybridized carbons (Fsp3) is 0.0833. The van der Waals surface area contributed by atoms with Gasteiger partial charge in [-0.25, -0.2) is 18.4 Å². The second-order valence-corrected chi connectivity index (χ2v) is 8.34. The van der Waals surface area contributed by atoms with Gasteiger partial charge in [-0.15, -0.1) is 0 Å². The van der Waals surface area contributed by atoms with E-state index in [4.69, 9.17) is 5.73 Å². The molecule has 4 rings (SSSR count). The molecule has 0 atom stereocenters. The summed E-state index contributed by atoms with van der Waals surface area (Å²) in [5, 5.41) is 6.01. The molecular formula is C24H22N6O3S. The van der Waals surface area contributed by atoms with Crippen molar-refractivity contribution in [1.29, 1.82) is 0 Å². The van der Waals surface area contributed by atoms with E-state index in [-0.39, 0.29) is 18.2 Å². The lowest BCUT2D eigenvalue weighted by atomic mass is 10.1. The normalized spacial score (nSPS) is 10.8. The van der Waals surface area contributed by atoms with Crippen LogP contribution >= 0.6 is 0 Å². The predicted molar refractivity (Wildman–Crippen MR) is 131 cm³/mol. The molecule has 0 saturated heterocycles. The van der Waals surface area contributed by atoms with E-state index in [9.17, 15) is 13.2 Å². The molecule has 0 fully saturated rings. The van der Waals surface area contributed by atoms with Crippen molar-refractivity contribution < 1.29 is 13.2 Å². The fourth-order valence-electron chi connectivity index (χ4n) is 3.33. The molecule has 2 aromatic heterocycles. The molecule has 0 aliphatic rings. The number of carbonyl (C=O) groups is 1. The van der Waals surface area contributed by atoms with Gasteiger partial charge in [0, 0.05) is 47.6 Å². The van der Waals surface area contributed by atoms with Crippen LogP contribution in [0, 0.1) is 0 Å². The summed E-state index contributed by atoms with van der Waals surface area (Å²) in [7, 11) is -2.58. The van der Waals surface area contributed by atoms with Crippen LogP contribution in [-0.4, -0.2) is 29.3 Å². The van der Waals surface area contributed by atoms with Gasteiger partial charge < -0.3 is 16.4 Å². The Morgan fingerprint density at radius 3 is 2.65 bits per heavy atom. The summed E-state index contributed by atoms with van der Waals surface area (Å²) in [6, 6.07) is 17.3. The minimum Gasteiger partial charge on any atom is -0.326 e. The van der Waals surface area contributed by atoms with E-state index in [1.807, 2.05) is 12.1 Å². The van der Waals surface area contributed by atoms with E-state index in [1.165, 1.54) is 0 Å². The van der Waals surface area contributed by atoms with E-state index in [0.29, 0.717) is 34.1 Å². The van der Waals surface area contributed by atoms with Gasteiger partial charge in [0.05, 0.1) is 11.4 Å². The molecule has 10 heteroatoms. The third kappa shape index (κ3) is 5.80. The summed E-state index contributed by atoms with van der Waals surface area (Å²) in [4.78, 5) is 25.7. The Kier molecular flexibility index (Phi) is 7.21. The van der Waals surface area contributed by atoms with Crippen molar-refractivity contribution >= 4 is 33.9 Å². The topological polar surface area (TPSA) is 140 Å². The number of nitrogens with two attached hydrogens (primary N) is 1. The zero-order valence-corrected chi connectivity index (χ0v) is 18.9. The van der Waals surface area contributed by atoms with E-state index >= 15 is 0 Å². The molecule has 34 heavy (non-hydrogen) atoms. The molecule has 2 heterocycles. The number of benzene rings is 2. The van der Waals surface area contributed by atoms with Gasteiger partial charge in [-0.05, 0) is 53.6 Å². The molecule has 0 unspecified atom stereocenters. The van der Waals surface area contributed by atoms with Gasteiger partial charge in [-0.1, -0.05) is 18.2 Å². The SMILES string of the molecule is NCc1ccc(NC(=O)c2cccc(C[SH](=O)=O)c2)cc1Nc1nccc(-c2cccnc2)n1. The number of hydrogen-bond acceptors (Lipinski definition) is 8. The zero-order valence-electron chi connectivity index (χ0n) is 18.0. The highest BCUT2D eigenvalue weighted by atomic mass is 32.2. The van der Waals surface area contributed by atoms with Crippen molar-refractivity contribution in [3.63, 3.8) is 0 Å². The van der Waals surface area contributed by atoms with Crippen LogP contribution in [0.5, 0.6) is 0 Å². The molecule has 0 spiro atoms. The molecular weight excluding hydrogens is 452 g/mol. The number of pyridine rings is 1. The maximum absolute atomic E-state index is 12.7. The summed E-state index contributed by atoms with van der Waals surface area (Å²) < 4.78 is 22.0. The minimum atomic E-state index is -2.58. The first-order chi connectivity index (χ1) is 16.5. The molecule has 4 N–H and O–H groups in total. The number of thiol groups is 1. The summed E-state index contributed by atoms with van der Waals surface area (Å²) in [6.45, 7) is 0.272. The van der Waals surface area contributed by atoms with Crippen molar-refractivity contribution in [2.24, 2.45) is 5.73 Å². The number of amides is 1. The second-order valence-electron chi connectivity index (χ2n) is 7.35. The maximum atomic E-state index is 12.7. The molecule has 0 saturated carbocycles. The first-order valence-electron chi connectivity index (χ1n) is 10.4. The Balaban J connectivity index is 1.55. The average Bonchev–Trinajstić information content (AvgIpc) is 2.85. The summed E-state index contributed by atoms with van der Waals surface area (Å²) in [5.74, 6) is -0.100. The molecule has 172 valence electrons. The smallest absolute Gasteiger partial charge is 0.255 e. The van der Waals surface area contributed by atoms with Crippen molar-refractivity contribution in [2.75, 3.05) is 10.6 Å². The highest BCUT2D eigenvalue weighted by molar-refractivity contribution is 7.71. The van der Waals surface area contributed by atoms with Gasteiger partial charge >= 0.3 is 0 Å². The van der Waals surface area contributed by atoms with Crippen LogP contribution in [-0.2, 0) is 23.0 Å². The van der Waals surface area contributed by atoms with E-state index in [1.54, 1.807) is 67.1 Å². The van der Waals surface area contributed by atoms with Crippen molar-refractivity contribution in [3.8, 4) is 11.3 Å². The lowest BCUT2D eigenvalue weighted by molar-refractivity contribution is 0.102. The summed E-state index contributed by atoms with van der Waals surface area (Å²) >= 11 is 0. The van der Waals surface area contributed by atoms with Crippen LogP contribution in [0.15, 0.2) is 79.3 Å². The zero-order chi connectivity index (χ0) is 23.9. The van der Waals surface area contributed by atoms with Crippen LogP contribution in [0.2, 0.25) is 0 Å². The van der Waals surface area contributed by atoms with Gasteiger partial charge in [0.1, 0.15) is 10.7 Å². The number of hydrogen-bond donors (Lipinski definition) is 4. The van der Waals surface area contributed by atoms with Crippen molar-refractivity contribution in [3.05, 3.63) is 95.9 Å². The first kappa shape index (κ1) is 23.0. The highest BCUT2D eigenvalue weighted by Gasteiger charge is 2.11. The maximum Gasteiger partial charge on any atom is 0.255 e. The highest BCUT2D eigenvalue weighted by Crippen LogP contribution is 2.25. The molecule has 0 aliphatic heterocycles. The van der Waals surface area contributed by atoms with Gasteiger partial charge in [0.15, 0.2) is 0 Å². The lowest BCUT2D eigenvalue weighted by Crippen LogP contribution is -2.13. The van der Waals surface area contributed by atoms with Crippen LogP contribution in [0.25, 0.3) is 11.3 Å². The number of anilines is 3. The Hall–Kier alpha value is -4.15.